The lowest BCUT2D eigenvalue weighted by Gasteiger charge is -2.23. The maximum atomic E-state index is 5.90. The van der Waals surface area contributed by atoms with Crippen LogP contribution in [-0.2, 0) is 11.3 Å². The van der Waals surface area contributed by atoms with Crippen LogP contribution in [0, 0.1) is 6.92 Å². The van der Waals surface area contributed by atoms with Crippen molar-refractivity contribution in [3.05, 3.63) is 41.8 Å². The van der Waals surface area contributed by atoms with Crippen LogP contribution in [0.1, 0.15) is 11.5 Å². The third kappa shape index (κ3) is 4.71. The third-order valence-corrected chi connectivity index (χ3v) is 3.81. The molecular weight excluding hydrogens is 296 g/mol. The highest BCUT2D eigenvalue weighted by molar-refractivity contribution is 5.39. The Balaban J connectivity index is 1.50. The van der Waals surface area contributed by atoms with Gasteiger partial charge in [-0.3, -0.25) is 0 Å². The van der Waals surface area contributed by atoms with Crippen LogP contribution >= 0.6 is 0 Å². The number of ether oxygens (including phenoxy) is 3. The van der Waals surface area contributed by atoms with Crippen molar-refractivity contribution in [2.24, 2.45) is 0 Å². The molecule has 0 radical (unpaired) electrons. The fourth-order valence-corrected chi connectivity index (χ4v) is 2.54. The van der Waals surface area contributed by atoms with Gasteiger partial charge in [-0.25, -0.2) is 0 Å². The second-order valence-corrected chi connectivity index (χ2v) is 5.63. The number of hydrogen-bond acceptors (Lipinski definition) is 5. The standard InChI is InChI=1S/C17H22N2O4/c1-14-12-15(18-23-14)13-22-17-5-3-2-4-16(17)21-11-8-19-6-9-20-10-7-19/h2-5,12H,6-11,13H2,1H3/p+1. The Hall–Kier alpha value is -2.05. The first-order valence-electron chi connectivity index (χ1n) is 7.99. The van der Waals surface area contributed by atoms with Gasteiger partial charge in [-0.15, -0.1) is 0 Å². The Labute approximate surface area is 135 Å². The molecule has 1 saturated heterocycles. The first-order chi connectivity index (χ1) is 11.3. The number of hydrogen-bond donors (Lipinski definition) is 1. The van der Waals surface area contributed by atoms with Crippen molar-refractivity contribution in [1.29, 1.82) is 0 Å². The van der Waals surface area contributed by atoms with Gasteiger partial charge in [0.05, 0.1) is 13.2 Å². The van der Waals surface area contributed by atoms with Crippen LogP contribution in [0.5, 0.6) is 11.5 Å². The molecule has 1 aliphatic rings. The van der Waals surface area contributed by atoms with Gasteiger partial charge in [0, 0.05) is 6.07 Å². The zero-order chi connectivity index (χ0) is 15.9. The normalized spacial score (nSPS) is 15.5. The minimum Gasteiger partial charge on any atom is -0.484 e. The monoisotopic (exact) mass is 319 g/mol. The molecule has 0 amide bonds. The van der Waals surface area contributed by atoms with Crippen LogP contribution in [0.15, 0.2) is 34.9 Å². The third-order valence-electron chi connectivity index (χ3n) is 3.81. The van der Waals surface area contributed by atoms with Crippen molar-refractivity contribution in [1.82, 2.24) is 5.16 Å². The summed E-state index contributed by atoms with van der Waals surface area (Å²) in [6, 6.07) is 9.58. The van der Waals surface area contributed by atoms with Crippen LogP contribution in [0.4, 0.5) is 0 Å². The van der Waals surface area contributed by atoms with Crippen LogP contribution in [-0.4, -0.2) is 44.6 Å². The molecule has 0 saturated carbocycles. The maximum absolute atomic E-state index is 5.90. The lowest BCUT2D eigenvalue weighted by Crippen LogP contribution is -3.14. The second-order valence-electron chi connectivity index (χ2n) is 5.63. The molecule has 23 heavy (non-hydrogen) atoms. The summed E-state index contributed by atoms with van der Waals surface area (Å²) < 4.78 is 22.1. The molecule has 0 unspecified atom stereocenters. The summed E-state index contributed by atoms with van der Waals surface area (Å²) in [6.45, 7) is 7.64. The smallest absolute Gasteiger partial charge is 0.161 e. The second kappa shape index (κ2) is 7.99. The Bertz CT molecular complexity index is 608. The van der Waals surface area contributed by atoms with Crippen molar-refractivity contribution >= 4 is 0 Å². The predicted molar refractivity (Wildman–Crippen MR) is 83.9 cm³/mol. The Morgan fingerprint density at radius 3 is 2.57 bits per heavy atom. The van der Waals surface area contributed by atoms with E-state index in [4.69, 9.17) is 18.7 Å². The van der Waals surface area contributed by atoms with Crippen LogP contribution in [0.2, 0.25) is 0 Å². The summed E-state index contributed by atoms with van der Waals surface area (Å²) in [7, 11) is 0. The number of nitrogens with zero attached hydrogens (tertiary/aromatic N) is 1. The summed E-state index contributed by atoms with van der Waals surface area (Å²) in [5, 5.41) is 3.93. The van der Waals surface area contributed by atoms with E-state index in [1.807, 2.05) is 37.3 Å². The maximum Gasteiger partial charge on any atom is 0.161 e. The fraction of sp³-hybridized carbons (Fsp3) is 0.471. The van der Waals surface area contributed by atoms with E-state index >= 15 is 0 Å². The average molecular weight is 319 g/mol. The zero-order valence-electron chi connectivity index (χ0n) is 13.4. The zero-order valence-corrected chi connectivity index (χ0v) is 13.4. The van der Waals surface area contributed by atoms with Gasteiger partial charge in [0.1, 0.15) is 44.3 Å². The van der Waals surface area contributed by atoms with Gasteiger partial charge in [0.25, 0.3) is 0 Å². The van der Waals surface area contributed by atoms with Gasteiger partial charge in [-0.05, 0) is 19.1 Å². The molecule has 0 bridgehead atoms. The summed E-state index contributed by atoms with van der Waals surface area (Å²) in [5.74, 6) is 2.27. The molecule has 3 rings (SSSR count). The van der Waals surface area contributed by atoms with E-state index in [9.17, 15) is 0 Å². The minimum atomic E-state index is 0.367. The van der Waals surface area contributed by atoms with Gasteiger partial charge in [0.15, 0.2) is 11.5 Å². The Morgan fingerprint density at radius 1 is 1.13 bits per heavy atom. The minimum absolute atomic E-state index is 0.367. The van der Waals surface area contributed by atoms with Gasteiger partial charge < -0.3 is 23.6 Å². The molecule has 124 valence electrons. The van der Waals surface area contributed by atoms with E-state index in [0.717, 1.165) is 55.8 Å². The van der Waals surface area contributed by atoms with Crippen molar-refractivity contribution in [3.63, 3.8) is 0 Å². The number of benzene rings is 1. The van der Waals surface area contributed by atoms with E-state index < -0.39 is 0 Å². The van der Waals surface area contributed by atoms with Crippen molar-refractivity contribution in [3.8, 4) is 11.5 Å². The molecule has 1 aromatic heterocycles. The van der Waals surface area contributed by atoms with Crippen LogP contribution < -0.4 is 14.4 Å². The predicted octanol–water partition coefficient (Wildman–Crippen LogP) is 0.856. The van der Waals surface area contributed by atoms with Crippen molar-refractivity contribution < 1.29 is 23.6 Å². The number of quaternary nitrogens is 1. The molecule has 0 spiro atoms. The van der Waals surface area contributed by atoms with E-state index in [1.165, 1.54) is 4.90 Å². The molecule has 6 heteroatoms. The van der Waals surface area contributed by atoms with E-state index in [2.05, 4.69) is 5.16 Å². The van der Waals surface area contributed by atoms with Gasteiger partial charge >= 0.3 is 0 Å². The molecule has 2 heterocycles. The van der Waals surface area contributed by atoms with Crippen LogP contribution in [0.3, 0.4) is 0 Å². The first kappa shape index (κ1) is 15.8. The number of rotatable bonds is 7. The number of morpholine rings is 1. The molecule has 0 atom stereocenters. The van der Waals surface area contributed by atoms with E-state index in [-0.39, 0.29) is 0 Å². The lowest BCUT2D eigenvalue weighted by atomic mass is 10.3. The van der Waals surface area contributed by atoms with Gasteiger partial charge in [-0.2, -0.15) is 0 Å². The number of aromatic nitrogens is 1. The SMILES string of the molecule is Cc1cc(COc2ccccc2OCC[NH+]2CCOCC2)no1. The molecule has 0 aliphatic carbocycles. The Morgan fingerprint density at radius 2 is 1.87 bits per heavy atom. The quantitative estimate of drug-likeness (QED) is 0.820. The fourth-order valence-electron chi connectivity index (χ4n) is 2.54. The largest absolute Gasteiger partial charge is 0.484 e. The summed E-state index contributed by atoms with van der Waals surface area (Å²) in [4.78, 5) is 1.52. The highest BCUT2D eigenvalue weighted by Crippen LogP contribution is 2.27. The van der Waals surface area contributed by atoms with Crippen molar-refractivity contribution in [2.45, 2.75) is 13.5 Å². The molecule has 1 aromatic carbocycles. The van der Waals surface area contributed by atoms with Gasteiger partial charge in [-0.1, -0.05) is 17.3 Å². The van der Waals surface area contributed by atoms with E-state index in [0.29, 0.717) is 13.2 Å². The molecule has 1 aliphatic heterocycles. The summed E-state index contributed by atoms with van der Waals surface area (Å²) in [6.07, 6.45) is 0. The number of nitrogens with one attached hydrogen (secondary N) is 1. The highest BCUT2D eigenvalue weighted by atomic mass is 16.5. The highest BCUT2D eigenvalue weighted by Gasteiger charge is 2.14. The van der Waals surface area contributed by atoms with E-state index in [1.54, 1.807) is 0 Å². The van der Waals surface area contributed by atoms with Gasteiger partial charge in [0.2, 0.25) is 0 Å². The first-order valence-corrected chi connectivity index (χ1v) is 7.99. The number of aryl methyl sites for hydroxylation is 1. The lowest BCUT2D eigenvalue weighted by molar-refractivity contribution is -0.908. The molecule has 1 fully saturated rings. The van der Waals surface area contributed by atoms with Crippen LogP contribution in [0.25, 0.3) is 0 Å². The molecular formula is C17H23N2O4+. The van der Waals surface area contributed by atoms with Crippen molar-refractivity contribution in [2.75, 3.05) is 39.5 Å². The number of para-hydroxylation sites is 2. The average Bonchev–Trinajstić information content (AvgIpc) is 3.00. The molecule has 2 aromatic rings. The Kier molecular flexibility index (Phi) is 5.50. The molecule has 6 nitrogen and oxygen atoms in total. The summed E-state index contributed by atoms with van der Waals surface area (Å²) >= 11 is 0. The summed E-state index contributed by atoms with van der Waals surface area (Å²) in [5.41, 5.74) is 0.773. The molecule has 1 N–H and O–H groups in total. The topological polar surface area (TPSA) is 58.2 Å².